The normalized spacial score (nSPS) is 15.0. The van der Waals surface area contributed by atoms with Gasteiger partial charge in [-0.3, -0.25) is 11.3 Å². The lowest BCUT2D eigenvalue weighted by Gasteiger charge is -2.18. The highest BCUT2D eigenvalue weighted by Crippen LogP contribution is 2.29. The molecule has 2 aromatic rings. The molecule has 0 heterocycles. The molecule has 1 unspecified atom stereocenters. The molecule has 0 spiro atoms. The summed E-state index contributed by atoms with van der Waals surface area (Å²) in [6.45, 7) is 0. The molecule has 0 aromatic heterocycles. The van der Waals surface area contributed by atoms with Crippen molar-refractivity contribution < 1.29 is 4.39 Å². The van der Waals surface area contributed by atoms with Crippen molar-refractivity contribution in [1.82, 2.24) is 5.43 Å². The van der Waals surface area contributed by atoms with Gasteiger partial charge in [-0.25, -0.2) is 4.39 Å². The first-order valence-corrected chi connectivity index (χ1v) is 7.99. The molecule has 0 saturated heterocycles. The van der Waals surface area contributed by atoms with Gasteiger partial charge in [0.25, 0.3) is 0 Å². The molecule has 4 heteroatoms. The van der Waals surface area contributed by atoms with Crippen molar-refractivity contribution in [2.24, 2.45) is 5.84 Å². The van der Waals surface area contributed by atoms with Crippen LogP contribution < -0.4 is 11.3 Å². The third kappa shape index (κ3) is 3.03. The van der Waals surface area contributed by atoms with Crippen LogP contribution in [0.4, 0.5) is 4.39 Å². The minimum atomic E-state index is -0.262. The number of nitrogens with two attached hydrogens (primary N) is 1. The van der Waals surface area contributed by atoms with Gasteiger partial charge in [0.15, 0.2) is 0 Å². The van der Waals surface area contributed by atoms with Gasteiger partial charge in [-0.15, -0.1) is 0 Å². The number of rotatable bonds is 4. The fourth-order valence-corrected chi connectivity index (χ4v) is 3.58. The smallest absolute Gasteiger partial charge is 0.137 e. The first-order valence-electron chi connectivity index (χ1n) is 7.19. The summed E-state index contributed by atoms with van der Waals surface area (Å²) >= 11 is 3.31. The average Bonchev–Trinajstić information content (AvgIpc) is 2.95. The van der Waals surface area contributed by atoms with E-state index in [9.17, 15) is 4.39 Å². The van der Waals surface area contributed by atoms with Gasteiger partial charge in [-0.05, 0) is 69.9 Å². The lowest BCUT2D eigenvalue weighted by Crippen LogP contribution is -2.30. The maximum Gasteiger partial charge on any atom is 0.137 e. The maximum absolute atomic E-state index is 13.7. The van der Waals surface area contributed by atoms with Gasteiger partial charge in [0, 0.05) is 0 Å². The quantitative estimate of drug-likeness (QED) is 0.651. The van der Waals surface area contributed by atoms with Gasteiger partial charge in [0.1, 0.15) is 5.82 Å². The van der Waals surface area contributed by atoms with Crippen LogP contribution in [0.2, 0.25) is 0 Å². The minimum absolute atomic E-state index is 0.116. The molecule has 110 valence electrons. The highest BCUT2D eigenvalue weighted by molar-refractivity contribution is 9.10. The number of fused-ring (bicyclic) bond motifs is 1. The topological polar surface area (TPSA) is 38.0 Å². The van der Waals surface area contributed by atoms with Crippen LogP contribution in [-0.4, -0.2) is 0 Å². The second-order valence-corrected chi connectivity index (χ2v) is 6.32. The molecular weight excluding hydrogens is 331 g/mol. The fourth-order valence-electron chi connectivity index (χ4n) is 3.04. The maximum atomic E-state index is 13.7. The molecule has 1 aliphatic carbocycles. The van der Waals surface area contributed by atoms with Crippen LogP contribution in [0, 0.1) is 5.82 Å². The van der Waals surface area contributed by atoms with Crippen molar-refractivity contribution in [3.8, 4) is 0 Å². The van der Waals surface area contributed by atoms with Gasteiger partial charge in [-0.1, -0.05) is 30.3 Å². The SMILES string of the molecule is NNC(Cc1ccc2c(c1)CCC2)c1cccc(F)c1Br. The zero-order chi connectivity index (χ0) is 14.8. The summed E-state index contributed by atoms with van der Waals surface area (Å²) in [4.78, 5) is 0. The van der Waals surface area contributed by atoms with Crippen molar-refractivity contribution in [1.29, 1.82) is 0 Å². The van der Waals surface area contributed by atoms with Crippen LogP contribution in [0.3, 0.4) is 0 Å². The van der Waals surface area contributed by atoms with Crippen molar-refractivity contribution in [2.45, 2.75) is 31.7 Å². The monoisotopic (exact) mass is 348 g/mol. The van der Waals surface area contributed by atoms with Crippen molar-refractivity contribution in [3.63, 3.8) is 0 Å². The predicted molar refractivity (Wildman–Crippen MR) is 86.3 cm³/mol. The minimum Gasteiger partial charge on any atom is -0.271 e. The van der Waals surface area contributed by atoms with E-state index in [2.05, 4.69) is 39.6 Å². The molecule has 0 aliphatic heterocycles. The first kappa shape index (κ1) is 14.7. The molecule has 0 bridgehead atoms. The Morgan fingerprint density at radius 2 is 2.00 bits per heavy atom. The summed E-state index contributed by atoms with van der Waals surface area (Å²) in [6.07, 6.45) is 4.33. The van der Waals surface area contributed by atoms with Crippen LogP contribution in [-0.2, 0) is 19.3 Å². The Morgan fingerprint density at radius 1 is 1.19 bits per heavy atom. The van der Waals surface area contributed by atoms with Gasteiger partial charge >= 0.3 is 0 Å². The zero-order valence-electron chi connectivity index (χ0n) is 11.7. The number of aryl methyl sites for hydroxylation is 2. The van der Waals surface area contributed by atoms with E-state index in [1.807, 2.05) is 6.07 Å². The summed E-state index contributed by atoms with van der Waals surface area (Å²) in [7, 11) is 0. The molecule has 1 aliphatic rings. The molecular formula is C17H18BrFN2. The van der Waals surface area contributed by atoms with Crippen LogP contribution in [0.15, 0.2) is 40.9 Å². The number of hydrogen-bond donors (Lipinski definition) is 2. The zero-order valence-corrected chi connectivity index (χ0v) is 13.3. The Hall–Kier alpha value is -1.23. The fraction of sp³-hybridized carbons (Fsp3) is 0.294. The summed E-state index contributed by atoms with van der Waals surface area (Å²) in [6, 6.07) is 11.6. The third-order valence-corrected chi connectivity index (χ3v) is 5.00. The molecule has 0 saturated carbocycles. The number of hydrazine groups is 1. The standard InChI is InChI=1S/C17H18BrFN2/c18-17-14(5-2-6-15(17)19)16(21-20)10-11-7-8-12-3-1-4-13(12)9-11/h2,5-9,16,21H,1,3-4,10,20H2. The summed E-state index contributed by atoms with van der Waals surface area (Å²) in [5, 5.41) is 0. The molecule has 2 nitrogen and oxygen atoms in total. The van der Waals surface area contributed by atoms with E-state index in [0.29, 0.717) is 4.47 Å². The van der Waals surface area contributed by atoms with E-state index in [4.69, 9.17) is 5.84 Å². The average molecular weight is 349 g/mol. The van der Waals surface area contributed by atoms with Crippen LogP contribution in [0.25, 0.3) is 0 Å². The summed E-state index contributed by atoms with van der Waals surface area (Å²) < 4.78 is 14.2. The van der Waals surface area contributed by atoms with Crippen LogP contribution >= 0.6 is 15.9 Å². The van der Waals surface area contributed by atoms with Crippen molar-refractivity contribution in [2.75, 3.05) is 0 Å². The molecule has 0 radical (unpaired) electrons. The first-order chi connectivity index (χ1) is 10.2. The Balaban J connectivity index is 1.86. The molecule has 0 amide bonds. The van der Waals surface area contributed by atoms with Gasteiger partial charge in [0.2, 0.25) is 0 Å². The van der Waals surface area contributed by atoms with Gasteiger partial charge in [-0.2, -0.15) is 0 Å². The Labute approximate surface area is 132 Å². The van der Waals surface area contributed by atoms with Gasteiger partial charge < -0.3 is 0 Å². The third-order valence-electron chi connectivity index (χ3n) is 4.16. The van der Waals surface area contributed by atoms with Crippen LogP contribution in [0.1, 0.15) is 34.7 Å². The molecule has 3 rings (SSSR count). The highest BCUT2D eigenvalue weighted by atomic mass is 79.9. The van der Waals surface area contributed by atoms with E-state index < -0.39 is 0 Å². The summed E-state index contributed by atoms with van der Waals surface area (Å²) in [5.41, 5.74) is 7.79. The lowest BCUT2D eigenvalue weighted by atomic mass is 9.97. The van der Waals surface area contributed by atoms with Crippen LogP contribution in [0.5, 0.6) is 0 Å². The number of benzene rings is 2. The second kappa shape index (κ2) is 6.26. The summed E-state index contributed by atoms with van der Waals surface area (Å²) in [5.74, 6) is 5.43. The van der Waals surface area contributed by atoms with E-state index in [0.717, 1.165) is 18.4 Å². The number of halogens is 2. The van der Waals surface area contributed by atoms with E-state index in [1.54, 1.807) is 6.07 Å². The van der Waals surface area contributed by atoms with E-state index in [1.165, 1.54) is 35.6 Å². The molecule has 3 N–H and O–H groups in total. The molecule has 21 heavy (non-hydrogen) atoms. The molecule has 2 aromatic carbocycles. The number of nitrogens with one attached hydrogen (secondary N) is 1. The van der Waals surface area contributed by atoms with E-state index >= 15 is 0 Å². The Bertz CT molecular complexity index is 657. The Kier molecular flexibility index (Phi) is 4.38. The highest BCUT2D eigenvalue weighted by Gasteiger charge is 2.17. The Morgan fingerprint density at radius 3 is 2.81 bits per heavy atom. The van der Waals surface area contributed by atoms with Crippen molar-refractivity contribution in [3.05, 3.63) is 68.9 Å². The molecule has 1 atom stereocenters. The van der Waals surface area contributed by atoms with Gasteiger partial charge in [0.05, 0.1) is 10.5 Å². The predicted octanol–water partition coefficient (Wildman–Crippen LogP) is 3.82. The number of hydrogen-bond acceptors (Lipinski definition) is 2. The largest absolute Gasteiger partial charge is 0.271 e. The lowest BCUT2D eigenvalue weighted by molar-refractivity contribution is 0.540. The van der Waals surface area contributed by atoms with Crippen molar-refractivity contribution >= 4 is 15.9 Å². The molecule has 0 fully saturated rings. The second-order valence-electron chi connectivity index (χ2n) is 5.52. The van der Waals surface area contributed by atoms with E-state index in [-0.39, 0.29) is 11.9 Å².